The maximum absolute atomic E-state index is 12.2. The van der Waals surface area contributed by atoms with Crippen LogP contribution in [0.25, 0.3) is 0 Å². The summed E-state index contributed by atoms with van der Waals surface area (Å²) < 4.78 is 5.44. The summed E-state index contributed by atoms with van der Waals surface area (Å²) in [5.41, 5.74) is 0.620. The van der Waals surface area contributed by atoms with Crippen LogP contribution in [0.15, 0.2) is 0 Å². The van der Waals surface area contributed by atoms with Crippen LogP contribution in [0.1, 0.15) is 43.3 Å². The quantitative estimate of drug-likeness (QED) is 0.910. The topological polar surface area (TPSA) is 65.9 Å². The molecule has 1 N–H and O–H groups in total. The van der Waals surface area contributed by atoms with Gasteiger partial charge in [-0.15, -0.1) is 11.3 Å². The highest BCUT2D eigenvalue weighted by molar-refractivity contribution is 7.11. The van der Waals surface area contributed by atoms with Crippen LogP contribution in [0.2, 0.25) is 0 Å². The Hall–Kier alpha value is -1.18. The highest BCUT2D eigenvalue weighted by Crippen LogP contribution is 2.27. The Morgan fingerprint density at radius 3 is 2.83 bits per heavy atom. The first kappa shape index (κ1) is 18.2. The zero-order valence-electron chi connectivity index (χ0n) is 14.6. The normalized spacial score (nSPS) is 16.4. The third-order valence-corrected chi connectivity index (χ3v) is 4.90. The molecule has 0 radical (unpaired) electrons. The van der Waals surface area contributed by atoms with E-state index in [-0.39, 0.29) is 18.7 Å². The van der Waals surface area contributed by atoms with Crippen molar-refractivity contribution in [3.8, 4) is 0 Å². The van der Waals surface area contributed by atoms with Gasteiger partial charge in [0.05, 0.1) is 25.4 Å². The summed E-state index contributed by atoms with van der Waals surface area (Å²) in [4.78, 5) is 21.8. The fourth-order valence-electron chi connectivity index (χ4n) is 2.31. The molecule has 7 heteroatoms. The van der Waals surface area contributed by atoms with Crippen molar-refractivity contribution in [1.82, 2.24) is 14.8 Å². The lowest BCUT2D eigenvalue weighted by Crippen LogP contribution is -2.39. The summed E-state index contributed by atoms with van der Waals surface area (Å²) in [5.74, 6) is 0. The Kier molecular flexibility index (Phi) is 5.65. The Bertz CT molecular complexity index is 553. The van der Waals surface area contributed by atoms with Crippen LogP contribution in [-0.2, 0) is 24.2 Å². The van der Waals surface area contributed by atoms with Gasteiger partial charge in [-0.05, 0) is 34.7 Å². The van der Waals surface area contributed by atoms with E-state index in [4.69, 9.17) is 9.72 Å². The van der Waals surface area contributed by atoms with E-state index in [1.807, 2.05) is 34.7 Å². The SMILES string of the molecule is C[C@H](CO)N(C)Cc1nc2c(s1)CN(C(=O)OC(C)(C)C)CC2. The molecule has 23 heavy (non-hydrogen) atoms. The number of amides is 1. The molecular weight excluding hydrogens is 314 g/mol. The van der Waals surface area contributed by atoms with E-state index in [0.717, 1.165) is 22.0 Å². The van der Waals surface area contributed by atoms with Gasteiger partial charge in [-0.1, -0.05) is 0 Å². The van der Waals surface area contributed by atoms with E-state index in [9.17, 15) is 9.90 Å². The number of carbonyl (C=O) groups is 1. The van der Waals surface area contributed by atoms with Crippen LogP contribution in [0.4, 0.5) is 4.79 Å². The predicted octanol–water partition coefficient (Wildman–Crippen LogP) is 2.25. The van der Waals surface area contributed by atoms with Gasteiger partial charge in [-0.2, -0.15) is 0 Å². The van der Waals surface area contributed by atoms with Gasteiger partial charge < -0.3 is 14.7 Å². The number of nitrogens with zero attached hydrogens (tertiary/aromatic N) is 3. The van der Waals surface area contributed by atoms with Gasteiger partial charge in [0.2, 0.25) is 0 Å². The summed E-state index contributed by atoms with van der Waals surface area (Å²) >= 11 is 1.65. The van der Waals surface area contributed by atoms with Crippen molar-refractivity contribution in [1.29, 1.82) is 0 Å². The van der Waals surface area contributed by atoms with E-state index < -0.39 is 5.60 Å². The number of rotatable bonds is 4. The number of hydrogen-bond donors (Lipinski definition) is 1. The standard InChI is InChI=1S/C16H27N3O3S/c1-11(10-20)18(5)9-14-17-12-6-7-19(8-13(12)23-14)15(21)22-16(2,3)4/h11,20H,6-10H2,1-5H3/t11-/m1/s1. The molecule has 2 rings (SSSR count). The second kappa shape index (κ2) is 7.15. The molecule has 1 amide bonds. The summed E-state index contributed by atoms with van der Waals surface area (Å²) in [7, 11) is 1.98. The van der Waals surface area contributed by atoms with Crippen LogP contribution < -0.4 is 0 Å². The Morgan fingerprint density at radius 2 is 2.22 bits per heavy atom. The number of aliphatic hydroxyl groups excluding tert-OH is 1. The second-order valence-electron chi connectivity index (χ2n) is 7.08. The second-order valence-corrected chi connectivity index (χ2v) is 8.24. The number of aliphatic hydroxyl groups is 1. The van der Waals surface area contributed by atoms with Gasteiger partial charge in [0, 0.05) is 23.9 Å². The van der Waals surface area contributed by atoms with Crippen molar-refractivity contribution in [3.63, 3.8) is 0 Å². The highest BCUT2D eigenvalue weighted by Gasteiger charge is 2.28. The van der Waals surface area contributed by atoms with E-state index >= 15 is 0 Å². The van der Waals surface area contributed by atoms with Crippen molar-refractivity contribution in [3.05, 3.63) is 15.6 Å². The summed E-state index contributed by atoms with van der Waals surface area (Å²) in [6.07, 6.45) is 0.508. The molecule has 0 saturated heterocycles. The van der Waals surface area contributed by atoms with Crippen molar-refractivity contribution in [2.45, 2.75) is 58.8 Å². The first-order valence-corrected chi connectivity index (χ1v) is 8.77. The molecule has 0 bridgehead atoms. The highest BCUT2D eigenvalue weighted by atomic mass is 32.1. The molecular formula is C16H27N3O3S. The molecule has 6 nitrogen and oxygen atoms in total. The van der Waals surface area contributed by atoms with Gasteiger partial charge in [-0.3, -0.25) is 4.90 Å². The number of carbonyl (C=O) groups excluding carboxylic acids is 1. The molecule has 0 spiro atoms. The lowest BCUT2D eigenvalue weighted by atomic mass is 10.2. The molecule has 0 aliphatic carbocycles. The van der Waals surface area contributed by atoms with Crippen LogP contribution in [0, 0.1) is 0 Å². The lowest BCUT2D eigenvalue weighted by Gasteiger charge is -2.29. The minimum absolute atomic E-state index is 0.106. The van der Waals surface area contributed by atoms with Crippen LogP contribution in [0.5, 0.6) is 0 Å². The van der Waals surface area contributed by atoms with E-state index in [0.29, 0.717) is 19.6 Å². The Balaban J connectivity index is 2.00. The van der Waals surface area contributed by atoms with E-state index in [1.165, 1.54) is 0 Å². The number of aromatic nitrogens is 1. The molecule has 1 aromatic rings. The maximum atomic E-state index is 12.2. The smallest absolute Gasteiger partial charge is 0.410 e. The molecule has 0 aromatic carbocycles. The molecule has 0 fully saturated rings. The van der Waals surface area contributed by atoms with Gasteiger partial charge in [0.1, 0.15) is 10.6 Å². The van der Waals surface area contributed by atoms with E-state index in [2.05, 4.69) is 4.90 Å². The number of fused-ring (bicyclic) bond motifs is 1. The molecule has 0 saturated carbocycles. The third kappa shape index (κ3) is 4.89. The Morgan fingerprint density at radius 1 is 1.52 bits per heavy atom. The fourth-order valence-corrected chi connectivity index (χ4v) is 3.50. The number of ether oxygens (including phenoxy) is 1. The summed E-state index contributed by atoms with van der Waals surface area (Å²) in [6, 6.07) is 0.106. The minimum atomic E-state index is -0.473. The zero-order chi connectivity index (χ0) is 17.2. The number of likely N-dealkylation sites (N-methyl/N-ethyl adjacent to an activating group) is 1. The molecule has 0 unspecified atom stereocenters. The van der Waals surface area contributed by atoms with Gasteiger partial charge in [-0.25, -0.2) is 9.78 Å². The van der Waals surface area contributed by atoms with Gasteiger partial charge >= 0.3 is 6.09 Å². The summed E-state index contributed by atoms with van der Waals surface area (Å²) in [5, 5.41) is 10.2. The minimum Gasteiger partial charge on any atom is -0.444 e. The van der Waals surface area contributed by atoms with Crippen LogP contribution in [0.3, 0.4) is 0 Å². The first-order valence-electron chi connectivity index (χ1n) is 7.96. The molecule has 1 atom stereocenters. The van der Waals surface area contributed by atoms with Gasteiger partial charge in [0.15, 0.2) is 0 Å². The maximum Gasteiger partial charge on any atom is 0.410 e. The van der Waals surface area contributed by atoms with Crippen LogP contribution >= 0.6 is 11.3 Å². The van der Waals surface area contributed by atoms with E-state index in [1.54, 1.807) is 16.2 Å². The molecule has 1 aliphatic rings. The lowest BCUT2D eigenvalue weighted by molar-refractivity contribution is 0.0225. The number of thiazole rings is 1. The fraction of sp³-hybridized carbons (Fsp3) is 0.750. The van der Waals surface area contributed by atoms with Crippen LogP contribution in [-0.4, -0.2) is 57.8 Å². The monoisotopic (exact) mass is 341 g/mol. The predicted molar refractivity (Wildman–Crippen MR) is 90.5 cm³/mol. The Labute approximate surface area is 142 Å². The molecule has 1 aromatic heterocycles. The average Bonchev–Trinajstić information content (AvgIpc) is 2.85. The first-order chi connectivity index (χ1) is 10.7. The molecule has 1 aliphatic heterocycles. The van der Waals surface area contributed by atoms with Crippen molar-refractivity contribution >= 4 is 17.4 Å². The molecule has 2 heterocycles. The van der Waals surface area contributed by atoms with Crippen molar-refractivity contribution in [2.24, 2.45) is 0 Å². The third-order valence-electron chi connectivity index (χ3n) is 3.83. The van der Waals surface area contributed by atoms with Crippen molar-refractivity contribution in [2.75, 3.05) is 20.2 Å². The van der Waals surface area contributed by atoms with Crippen molar-refractivity contribution < 1.29 is 14.6 Å². The summed E-state index contributed by atoms with van der Waals surface area (Å²) in [6.45, 7) is 9.68. The zero-order valence-corrected chi connectivity index (χ0v) is 15.4. The van der Waals surface area contributed by atoms with Gasteiger partial charge in [0.25, 0.3) is 0 Å². The number of hydrogen-bond acceptors (Lipinski definition) is 6. The average molecular weight is 341 g/mol. The largest absolute Gasteiger partial charge is 0.444 e. The molecule has 130 valence electrons.